The average Bonchev–Trinajstić information content (AvgIpc) is 3.70. The van der Waals surface area contributed by atoms with Crippen LogP contribution in [0.25, 0.3) is 22.7 Å². The highest BCUT2D eigenvalue weighted by Crippen LogP contribution is 2.50. The Balaban J connectivity index is 1.21. The van der Waals surface area contributed by atoms with Crippen LogP contribution in [0.15, 0.2) is 66.0 Å². The maximum absolute atomic E-state index is 9.59. The summed E-state index contributed by atoms with van der Waals surface area (Å²) in [5.41, 5.74) is 8.81. The van der Waals surface area contributed by atoms with E-state index in [-0.39, 0.29) is 17.2 Å². The molecule has 1 saturated heterocycles. The summed E-state index contributed by atoms with van der Waals surface area (Å²) in [7, 11) is 0. The van der Waals surface area contributed by atoms with Crippen molar-refractivity contribution in [3.05, 3.63) is 72.9 Å². The van der Waals surface area contributed by atoms with Gasteiger partial charge >= 0.3 is 0 Å². The zero-order chi connectivity index (χ0) is 26.3. The standard InChI is InChI=1S/C27H29N9O2/c1-17(37)35-9-11-36(12-10-35)23-16-29-22(15-30-23)24-33-25(34-38-24)27(2,21-7-8-21)20-5-3-18(4-6-20)19-13-31-26(28)32-14-19/h3-6,13-16,21,37H,1,7-12H2,2H3,(H2,28,31,32). The molecule has 1 aliphatic carbocycles. The van der Waals surface area contributed by atoms with Gasteiger partial charge in [-0.2, -0.15) is 4.98 Å². The van der Waals surface area contributed by atoms with Gasteiger partial charge in [0.15, 0.2) is 11.7 Å². The zero-order valence-electron chi connectivity index (χ0n) is 21.2. The summed E-state index contributed by atoms with van der Waals surface area (Å²) in [6.45, 7) is 8.58. The molecule has 194 valence electrons. The summed E-state index contributed by atoms with van der Waals surface area (Å²) in [5.74, 6) is 2.55. The lowest BCUT2D eigenvalue weighted by Crippen LogP contribution is -2.46. The van der Waals surface area contributed by atoms with Crippen LogP contribution in [0.3, 0.4) is 0 Å². The average molecular weight is 512 g/mol. The monoisotopic (exact) mass is 511 g/mol. The molecule has 1 atom stereocenters. The van der Waals surface area contributed by atoms with Gasteiger partial charge in [0.05, 0.1) is 17.8 Å². The van der Waals surface area contributed by atoms with Crippen molar-refractivity contribution in [1.29, 1.82) is 0 Å². The van der Waals surface area contributed by atoms with E-state index in [0.717, 1.165) is 48.4 Å². The van der Waals surface area contributed by atoms with E-state index in [1.54, 1.807) is 24.8 Å². The predicted octanol–water partition coefficient (Wildman–Crippen LogP) is 3.43. The van der Waals surface area contributed by atoms with Crippen molar-refractivity contribution in [3.63, 3.8) is 0 Å². The Hall–Kier alpha value is -4.54. The number of nitrogen functional groups attached to an aromatic ring is 1. The number of nitrogens with zero attached hydrogens (tertiary/aromatic N) is 8. The number of hydrogen-bond acceptors (Lipinski definition) is 11. The Bertz CT molecular complexity index is 1420. The Morgan fingerprint density at radius 2 is 1.68 bits per heavy atom. The number of piperazine rings is 1. The molecule has 11 nitrogen and oxygen atoms in total. The molecule has 1 unspecified atom stereocenters. The van der Waals surface area contributed by atoms with Crippen LogP contribution in [0.5, 0.6) is 0 Å². The molecule has 38 heavy (non-hydrogen) atoms. The van der Waals surface area contributed by atoms with E-state index >= 15 is 0 Å². The molecule has 0 amide bonds. The SMILES string of the molecule is C=C(O)N1CCN(c2cnc(-c3nc(C(C)(c4ccc(-c5cnc(N)nc5)cc4)C4CC4)no3)cn2)CC1. The minimum Gasteiger partial charge on any atom is -0.495 e. The predicted molar refractivity (Wildman–Crippen MR) is 142 cm³/mol. The van der Waals surface area contributed by atoms with E-state index in [1.807, 2.05) is 4.90 Å². The van der Waals surface area contributed by atoms with Crippen molar-refractivity contribution in [2.75, 3.05) is 36.8 Å². The molecule has 6 rings (SSSR count). The highest BCUT2D eigenvalue weighted by atomic mass is 16.5. The van der Waals surface area contributed by atoms with Crippen molar-refractivity contribution in [2.45, 2.75) is 25.2 Å². The van der Waals surface area contributed by atoms with Gasteiger partial charge in [-0.25, -0.2) is 19.9 Å². The first-order chi connectivity index (χ1) is 18.4. The normalized spacial score (nSPS) is 17.3. The van der Waals surface area contributed by atoms with E-state index in [9.17, 15) is 5.11 Å². The van der Waals surface area contributed by atoms with E-state index < -0.39 is 0 Å². The third-order valence-electron chi connectivity index (χ3n) is 7.60. The fourth-order valence-electron chi connectivity index (χ4n) is 5.03. The third-order valence-corrected chi connectivity index (χ3v) is 7.60. The summed E-state index contributed by atoms with van der Waals surface area (Å²) in [5, 5.41) is 14.0. The minimum atomic E-state index is -0.387. The van der Waals surface area contributed by atoms with Crippen LogP contribution in [0.2, 0.25) is 0 Å². The van der Waals surface area contributed by atoms with E-state index in [0.29, 0.717) is 36.4 Å². The molecule has 3 N–H and O–H groups in total. The Kier molecular flexibility index (Phi) is 5.90. The Morgan fingerprint density at radius 1 is 0.974 bits per heavy atom. The second kappa shape index (κ2) is 9.40. The third kappa shape index (κ3) is 4.40. The highest BCUT2D eigenvalue weighted by molar-refractivity contribution is 5.63. The lowest BCUT2D eigenvalue weighted by molar-refractivity contribution is 0.194. The van der Waals surface area contributed by atoms with Gasteiger partial charge in [-0.15, -0.1) is 0 Å². The number of aliphatic hydroxyl groups excluding tert-OH is 1. The summed E-state index contributed by atoms with van der Waals surface area (Å²) < 4.78 is 5.68. The van der Waals surface area contributed by atoms with Crippen molar-refractivity contribution in [1.82, 2.24) is 35.0 Å². The number of nitrogens with two attached hydrogens (primary N) is 1. The van der Waals surface area contributed by atoms with Gasteiger partial charge in [0.1, 0.15) is 11.5 Å². The first-order valence-corrected chi connectivity index (χ1v) is 12.6. The molecule has 1 aromatic carbocycles. The summed E-state index contributed by atoms with van der Waals surface area (Å²) in [4.78, 5) is 26.1. The molecular weight excluding hydrogens is 482 g/mol. The molecule has 0 spiro atoms. The van der Waals surface area contributed by atoms with E-state index in [2.05, 4.69) is 67.8 Å². The van der Waals surface area contributed by atoms with Gasteiger partial charge in [0.25, 0.3) is 5.89 Å². The largest absolute Gasteiger partial charge is 0.495 e. The zero-order valence-corrected chi connectivity index (χ0v) is 21.2. The van der Waals surface area contributed by atoms with Crippen LogP contribution >= 0.6 is 0 Å². The smallest absolute Gasteiger partial charge is 0.278 e. The number of aliphatic hydroxyl groups is 1. The maximum Gasteiger partial charge on any atom is 0.278 e. The number of anilines is 2. The maximum atomic E-state index is 9.59. The van der Waals surface area contributed by atoms with Crippen LogP contribution in [0.4, 0.5) is 11.8 Å². The topological polar surface area (TPSA) is 143 Å². The second-order valence-corrected chi connectivity index (χ2v) is 9.96. The lowest BCUT2D eigenvalue weighted by Gasteiger charge is -2.35. The van der Waals surface area contributed by atoms with Crippen LogP contribution < -0.4 is 10.6 Å². The summed E-state index contributed by atoms with van der Waals surface area (Å²) >= 11 is 0. The molecule has 3 aromatic heterocycles. The van der Waals surface area contributed by atoms with Gasteiger partial charge in [0.2, 0.25) is 5.95 Å². The van der Waals surface area contributed by atoms with Crippen LogP contribution in [-0.2, 0) is 5.41 Å². The van der Waals surface area contributed by atoms with Gasteiger partial charge in [-0.3, -0.25) is 0 Å². The van der Waals surface area contributed by atoms with Crippen LogP contribution in [0, 0.1) is 5.92 Å². The Labute approximate surface area is 220 Å². The lowest BCUT2D eigenvalue weighted by atomic mass is 9.77. The molecule has 0 radical (unpaired) electrons. The molecule has 4 heterocycles. The van der Waals surface area contributed by atoms with Crippen molar-refractivity contribution in [2.24, 2.45) is 5.92 Å². The van der Waals surface area contributed by atoms with Crippen LogP contribution in [-0.4, -0.2) is 66.3 Å². The first-order valence-electron chi connectivity index (χ1n) is 12.6. The van der Waals surface area contributed by atoms with Crippen molar-refractivity contribution in [3.8, 4) is 22.7 Å². The molecule has 0 bridgehead atoms. The van der Waals surface area contributed by atoms with Crippen molar-refractivity contribution < 1.29 is 9.63 Å². The fourth-order valence-corrected chi connectivity index (χ4v) is 5.03. The quantitative estimate of drug-likeness (QED) is 0.352. The van der Waals surface area contributed by atoms with Gasteiger partial charge in [-0.1, -0.05) is 29.4 Å². The molecule has 1 aliphatic heterocycles. The minimum absolute atomic E-state index is 0.101. The number of hydrogen-bond donors (Lipinski definition) is 2. The summed E-state index contributed by atoms with van der Waals surface area (Å²) in [6.07, 6.45) is 9.06. The summed E-state index contributed by atoms with van der Waals surface area (Å²) in [6, 6.07) is 8.35. The highest BCUT2D eigenvalue weighted by Gasteiger charge is 2.47. The molecule has 2 fully saturated rings. The molecule has 11 heteroatoms. The van der Waals surface area contributed by atoms with E-state index in [4.69, 9.17) is 15.2 Å². The number of rotatable bonds is 7. The van der Waals surface area contributed by atoms with Gasteiger partial charge in [0, 0.05) is 44.1 Å². The van der Waals surface area contributed by atoms with E-state index in [1.165, 1.54) is 0 Å². The number of benzene rings is 1. The fraction of sp³-hybridized carbons (Fsp3) is 0.333. The molecule has 2 aliphatic rings. The first kappa shape index (κ1) is 23.8. The van der Waals surface area contributed by atoms with Crippen molar-refractivity contribution >= 4 is 11.8 Å². The molecule has 4 aromatic rings. The molecular formula is C27H29N9O2. The molecule has 1 saturated carbocycles. The van der Waals surface area contributed by atoms with Gasteiger partial charge < -0.3 is 25.2 Å². The number of aromatic nitrogens is 6. The Morgan fingerprint density at radius 3 is 2.29 bits per heavy atom. The van der Waals surface area contributed by atoms with Gasteiger partial charge in [-0.05, 0) is 43.4 Å². The van der Waals surface area contributed by atoms with Crippen LogP contribution in [0.1, 0.15) is 31.2 Å². The second-order valence-electron chi connectivity index (χ2n) is 9.96.